The van der Waals surface area contributed by atoms with Gasteiger partial charge in [-0.3, -0.25) is 9.78 Å². The molecule has 3 heterocycles. The number of rotatable bonds is 5. The van der Waals surface area contributed by atoms with Crippen molar-refractivity contribution in [3.8, 4) is 0 Å². The third-order valence-corrected chi connectivity index (χ3v) is 8.06. The molecule has 1 aromatic heterocycles. The molecule has 0 amide bonds. The van der Waals surface area contributed by atoms with Crippen LogP contribution >= 0.6 is 0 Å². The highest BCUT2D eigenvalue weighted by Gasteiger charge is 2.65. The maximum Gasteiger partial charge on any atom is 0.310 e. The Morgan fingerprint density at radius 3 is 2.93 bits per heavy atom. The van der Waals surface area contributed by atoms with Gasteiger partial charge in [0.1, 0.15) is 6.10 Å². The van der Waals surface area contributed by atoms with Gasteiger partial charge in [-0.25, -0.2) is 0 Å². The standard InChI is InChI=1S/C23H32N2O3/c1-22-8-5-9-23(15-27-23)20(22)12-17-18(21(26)28-19(17)13-22)14-25(2)11-7-16-6-3-4-10-24-16/h3-4,6,10,17-20H,5,7-9,11-15H2,1-2H3/t17-,18-,19-,20-,22-,23+/m1/s1. The van der Waals surface area contributed by atoms with E-state index in [-0.39, 0.29) is 29.0 Å². The molecular formula is C23H32N2O3. The molecule has 0 radical (unpaired) electrons. The first kappa shape index (κ1) is 18.6. The van der Waals surface area contributed by atoms with E-state index in [1.807, 2.05) is 18.3 Å². The second-order valence-electron chi connectivity index (χ2n) is 9.93. The molecule has 4 aliphatic rings. The van der Waals surface area contributed by atoms with E-state index in [1.54, 1.807) is 0 Å². The largest absolute Gasteiger partial charge is 0.462 e. The molecule has 28 heavy (non-hydrogen) atoms. The number of hydrogen-bond donors (Lipinski definition) is 0. The van der Waals surface area contributed by atoms with Crippen molar-refractivity contribution in [2.45, 2.75) is 57.2 Å². The molecular weight excluding hydrogens is 352 g/mol. The smallest absolute Gasteiger partial charge is 0.310 e. The Morgan fingerprint density at radius 2 is 2.18 bits per heavy atom. The molecule has 1 spiro atoms. The van der Waals surface area contributed by atoms with Crippen molar-refractivity contribution in [1.82, 2.24) is 9.88 Å². The summed E-state index contributed by atoms with van der Waals surface area (Å²) in [6.07, 6.45) is 8.67. The number of carbonyl (C=O) groups is 1. The average molecular weight is 385 g/mol. The monoisotopic (exact) mass is 384 g/mol. The van der Waals surface area contributed by atoms with Gasteiger partial charge in [-0.05, 0) is 62.6 Å². The molecule has 1 aromatic rings. The summed E-state index contributed by atoms with van der Waals surface area (Å²) in [5.74, 6) is 0.960. The first-order valence-corrected chi connectivity index (χ1v) is 10.9. The number of esters is 1. The van der Waals surface area contributed by atoms with E-state index in [1.165, 1.54) is 19.3 Å². The highest BCUT2D eigenvalue weighted by atomic mass is 16.6. The van der Waals surface area contributed by atoms with E-state index in [2.05, 4.69) is 29.9 Å². The fourth-order valence-electron chi connectivity index (χ4n) is 6.44. The Morgan fingerprint density at radius 1 is 1.32 bits per heavy atom. The van der Waals surface area contributed by atoms with Gasteiger partial charge in [0.15, 0.2) is 0 Å². The Labute approximate surface area is 167 Å². The number of likely N-dealkylation sites (N-methyl/N-ethyl adjacent to an activating group) is 1. The molecule has 5 rings (SSSR count). The van der Waals surface area contributed by atoms with Gasteiger partial charge in [0, 0.05) is 37.3 Å². The van der Waals surface area contributed by atoms with E-state index in [0.717, 1.165) is 44.7 Å². The summed E-state index contributed by atoms with van der Waals surface area (Å²) in [6, 6.07) is 6.04. The van der Waals surface area contributed by atoms with Crippen LogP contribution in [0.5, 0.6) is 0 Å². The fourth-order valence-corrected chi connectivity index (χ4v) is 6.44. The average Bonchev–Trinajstić information content (AvgIpc) is 3.38. The maximum absolute atomic E-state index is 12.7. The third kappa shape index (κ3) is 3.17. The normalized spacial score (nSPS) is 41.6. The summed E-state index contributed by atoms with van der Waals surface area (Å²) >= 11 is 0. The summed E-state index contributed by atoms with van der Waals surface area (Å²) in [6.45, 7) is 5.03. The predicted octanol–water partition coefficient (Wildman–Crippen LogP) is 3.08. The highest BCUT2D eigenvalue weighted by molar-refractivity contribution is 5.75. The lowest BCUT2D eigenvalue weighted by Crippen LogP contribution is -2.51. The number of aromatic nitrogens is 1. The minimum atomic E-state index is 0.000934. The van der Waals surface area contributed by atoms with Crippen LogP contribution in [-0.2, 0) is 20.7 Å². The second kappa shape index (κ2) is 6.81. The maximum atomic E-state index is 12.7. The van der Waals surface area contributed by atoms with Gasteiger partial charge in [0.2, 0.25) is 0 Å². The zero-order chi connectivity index (χ0) is 19.4. The van der Waals surface area contributed by atoms with Gasteiger partial charge in [-0.15, -0.1) is 0 Å². The summed E-state index contributed by atoms with van der Waals surface area (Å²) in [7, 11) is 2.11. The molecule has 0 unspecified atom stereocenters. The highest BCUT2D eigenvalue weighted by Crippen LogP contribution is 2.62. The number of fused-ring (bicyclic) bond motifs is 3. The number of ether oxygens (including phenoxy) is 2. The lowest BCUT2D eigenvalue weighted by Gasteiger charge is -2.51. The van der Waals surface area contributed by atoms with E-state index in [0.29, 0.717) is 11.8 Å². The summed E-state index contributed by atoms with van der Waals surface area (Å²) in [5.41, 5.74) is 1.50. The van der Waals surface area contributed by atoms with Gasteiger partial charge in [0.25, 0.3) is 0 Å². The first-order chi connectivity index (χ1) is 13.5. The van der Waals surface area contributed by atoms with E-state index < -0.39 is 0 Å². The quantitative estimate of drug-likeness (QED) is 0.577. The van der Waals surface area contributed by atoms with Gasteiger partial charge < -0.3 is 14.4 Å². The van der Waals surface area contributed by atoms with E-state index >= 15 is 0 Å². The third-order valence-electron chi connectivity index (χ3n) is 8.06. The van der Waals surface area contributed by atoms with E-state index in [9.17, 15) is 4.79 Å². The molecule has 4 fully saturated rings. The number of nitrogens with zero attached hydrogens (tertiary/aromatic N) is 2. The zero-order valence-corrected chi connectivity index (χ0v) is 17.1. The number of pyridine rings is 1. The van der Waals surface area contributed by atoms with Crippen LogP contribution in [-0.4, -0.2) is 54.3 Å². The van der Waals surface area contributed by atoms with Gasteiger partial charge >= 0.3 is 5.97 Å². The molecule has 5 nitrogen and oxygen atoms in total. The molecule has 0 N–H and O–H groups in total. The van der Waals surface area contributed by atoms with E-state index in [4.69, 9.17) is 9.47 Å². The van der Waals surface area contributed by atoms with Crippen molar-refractivity contribution in [1.29, 1.82) is 0 Å². The molecule has 152 valence electrons. The molecule has 2 saturated heterocycles. The van der Waals surface area contributed by atoms with Crippen LogP contribution in [0.3, 0.4) is 0 Å². The Balaban J connectivity index is 1.25. The van der Waals surface area contributed by atoms with Crippen molar-refractivity contribution in [3.63, 3.8) is 0 Å². The van der Waals surface area contributed by atoms with Gasteiger partial charge in [0.05, 0.1) is 18.1 Å². The van der Waals surface area contributed by atoms with Crippen molar-refractivity contribution in [3.05, 3.63) is 30.1 Å². The van der Waals surface area contributed by atoms with Crippen LogP contribution < -0.4 is 0 Å². The van der Waals surface area contributed by atoms with Crippen molar-refractivity contribution < 1.29 is 14.3 Å². The van der Waals surface area contributed by atoms with Crippen molar-refractivity contribution in [2.75, 3.05) is 26.7 Å². The first-order valence-electron chi connectivity index (χ1n) is 10.9. The second-order valence-corrected chi connectivity index (χ2v) is 9.93. The molecule has 0 bridgehead atoms. The molecule has 0 aromatic carbocycles. The van der Waals surface area contributed by atoms with Crippen molar-refractivity contribution >= 4 is 5.97 Å². The topological polar surface area (TPSA) is 55.0 Å². The van der Waals surface area contributed by atoms with Crippen LogP contribution in [0.25, 0.3) is 0 Å². The van der Waals surface area contributed by atoms with Crippen LogP contribution in [0.2, 0.25) is 0 Å². The fraction of sp³-hybridized carbons (Fsp3) is 0.739. The molecule has 5 heteroatoms. The van der Waals surface area contributed by atoms with Gasteiger partial charge in [-0.2, -0.15) is 0 Å². The Hall–Kier alpha value is -1.46. The lowest BCUT2D eigenvalue weighted by molar-refractivity contribution is -0.147. The van der Waals surface area contributed by atoms with Crippen LogP contribution in [0, 0.1) is 23.2 Å². The SMILES string of the molecule is CN(CCc1ccccn1)C[C@H]1C(=O)O[C@@H]2C[C@@]3(C)CCC[C@]4(CO4)[C@@H]3C[C@@H]21. The summed E-state index contributed by atoms with van der Waals surface area (Å²) < 4.78 is 11.9. The number of hydrogen-bond acceptors (Lipinski definition) is 5. The van der Waals surface area contributed by atoms with Crippen LogP contribution in [0.15, 0.2) is 24.4 Å². The molecule has 2 saturated carbocycles. The van der Waals surface area contributed by atoms with Crippen LogP contribution in [0.4, 0.5) is 0 Å². The minimum absolute atomic E-state index is 0.000934. The minimum Gasteiger partial charge on any atom is -0.462 e. The van der Waals surface area contributed by atoms with Gasteiger partial charge in [-0.1, -0.05) is 13.0 Å². The molecule has 2 aliphatic heterocycles. The predicted molar refractivity (Wildman–Crippen MR) is 106 cm³/mol. The number of carbonyl (C=O) groups excluding carboxylic acids is 1. The Kier molecular flexibility index (Phi) is 4.51. The molecule has 6 atom stereocenters. The molecule has 2 aliphatic carbocycles. The Bertz CT molecular complexity index is 735. The van der Waals surface area contributed by atoms with Crippen molar-refractivity contribution in [2.24, 2.45) is 23.2 Å². The zero-order valence-electron chi connectivity index (χ0n) is 17.1. The summed E-state index contributed by atoms with van der Waals surface area (Å²) in [5, 5.41) is 0. The number of epoxide rings is 1. The lowest BCUT2D eigenvalue weighted by atomic mass is 9.53. The summed E-state index contributed by atoms with van der Waals surface area (Å²) in [4.78, 5) is 19.4. The van der Waals surface area contributed by atoms with Crippen LogP contribution in [0.1, 0.15) is 44.7 Å².